The van der Waals surface area contributed by atoms with Crippen LogP contribution in [0, 0.1) is 5.41 Å². The molecule has 0 bridgehead atoms. The highest BCUT2D eigenvalue weighted by atomic mass is 16.3. The Bertz CT molecular complexity index is 992. The fraction of sp³-hybridized carbons (Fsp3) is 0.481. The predicted octanol–water partition coefficient (Wildman–Crippen LogP) is 5.58. The van der Waals surface area contributed by atoms with E-state index in [1.165, 1.54) is 0 Å². The quantitative estimate of drug-likeness (QED) is 0.658. The van der Waals surface area contributed by atoms with Gasteiger partial charge >= 0.3 is 0 Å². The lowest BCUT2D eigenvalue weighted by Crippen LogP contribution is -2.53. The summed E-state index contributed by atoms with van der Waals surface area (Å²) in [5.74, 6) is 0.434. The van der Waals surface area contributed by atoms with E-state index >= 15 is 0 Å². The highest BCUT2D eigenvalue weighted by Gasteiger charge is 2.39. The summed E-state index contributed by atoms with van der Waals surface area (Å²) < 4.78 is 0. The molecule has 3 rings (SSSR count). The minimum Gasteiger partial charge on any atom is -0.508 e. The van der Waals surface area contributed by atoms with E-state index in [-0.39, 0.29) is 29.4 Å². The zero-order chi connectivity index (χ0) is 23.8. The molecule has 2 aromatic carbocycles. The normalized spacial score (nSPS) is 16.3. The van der Waals surface area contributed by atoms with Gasteiger partial charge in [0.05, 0.1) is 0 Å². The molecule has 5 nitrogen and oxygen atoms in total. The van der Waals surface area contributed by atoms with Gasteiger partial charge in [-0.1, -0.05) is 72.7 Å². The first-order valence-corrected chi connectivity index (χ1v) is 11.5. The first-order chi connectivity index (χ1) is 14.9. The van der Waals surface area contributed by atoms with E-state index in [1.54, 1.807) is 17.0 Å². The summed E-state index contributed by atoms with van der Waals surface area (Å²) in [6.45, 7) is 14.4. The molecule has 1 aliphatic rings. The van der Waals surface area contributed by atoms with Crippen molar-refractivity contribution < 1.29 is 14.7 Å². The third kappa shape index (κ3) is 4.82. The van der Waals surface area contributed by atoms with E-state index in [4.69, 9.17) is 0 Å². The number of nitrogens with one attached hydrogen (secondary N) is 1. The molecule has 0 aromatic heterocycles. The van der Waals surface area contributed by atoms with Crippen molar-refractivity contribution in [3.8, 4) is 5.75 Å². The largest absolute Gasteiger partial charge is 0.508 e. The maximum atomic E-state index is 13.7. The molecule has 0 spiro atoms. The molecule has 0 radical (unpaired) electrons. The Hall–Kier alpha value is -2.82. The second kappa shape index (κ2) is 8.97. The summed E-state index contributed by atoms with van der Waals surface area (Å²) in [5.41, 5.74) is 4.31. The number of rotatable bonds is 4. The van der Waals surface area contributed by atoms with Crippen LogP contribution < -0.4 is 5.32 Å². The van der Waals surface area contributed by atoms with Gasteiger partial charge in [0.2, 0.25) is 11.8 Å². The zero-order valence-electron chi connectivity index (χ0n) is 20.3. The number of carbonyl (C=O) groups excluding carboxylic acids is 2. The molecule has 32 heavy (non-hydrogen) atoms. The number of fused-ring (bicyclic) bond motifs is 1. The smallest absolute Gasteiger partial charge is 0.247 e. The van der Waals surface area contributed by atoms with Gasteiger partial charge in [-0.05, 0) is 46.2 Å². The number of amides is 2. The van der Waals surface area contributed by atoms with Gasteiger partial charge in [-0.15, -0.1) is 0 Å². The third-order valence-corrected chi connectivity index (χ3v) is 6.15. The molecular formula is C27H36N2O3. The van der Waals surface area contributed by atoms with Crippen molar-refractivity contribution in [3.05, 3.63) is 58.7 Å². The molecule has 0 saturated carbocycles. The second-order valence-electron chi connectivity index (χ2n) is 10.5. The Morgan fingerprint density at radius 1 is 1.00 bits per heavy atom. The van der Waals surface area contributed by atoms with E-state index in [0.717, 1.165) is 27.9 Å². The Kier molecular flexibility index (Phi) is 6.68. The molecule has 5 heteroatoms. The van der Waals surface area contributed by atoms with Crippen LogP contribution in [0.15, 0.2) is 36.4 Å². The van der Waals surface area contributed by atoms with E-state index < -0.39 is 11.5 Å². The summed E-state index contributed by atoms with van der Waals surface area (Å²) in [5, 5.41) is 13.1. The molecule has 2 amide bonds. The number of para-hydroxylation sites is 1. The molecule has 2 N–H and O–H groups in total. The number of anilines is 1. The first kappa shape index (κ1) is 23.8. The Morgan fingerprint density at radius 2 is 1.59 bits per heavy atom. The van der Waals surface area contributed by atoms with Crippen LogP contribution in [-0.2, 0) is 22.6 Å². The summed E-state index contributed by atoms with van der Waals surface area (Å²) in [6.07, 6.45) is 0.421. The van der Waals surface area contributed by atoms with Gasteiger partial charge in [0.15, 0.2) is 0 Å². The summed E-state index contributed by atoms with van der Waals surface area (Å²) in [7, 11) is 0. The fourth-order valence-corrected chi connectivity index (χ4v) is 4.35. The monoisotopic (exact) mass is 436 g/mol. The van der Waals surface area contributed by atoms with Gasteiger partial charge in [0.25, 0.3) is 0 Å². The number of aromatic hydroxyl groups is 1. The van der Waals surface area contributed by atoms with E-state index in [2.05, 4.69) is 45.1 Å². The predicted molar refractivity (Wildman–Crippen MR) is 129 cm³/mol. The van der Waals surface area contributed by atoms with Crippen molar-refractivity contribution in [1.82, 2.24) is 4.90 Å². The van der Waals surface area contributed by atoms with Crippen LogP contribution in [0.4, 0.5) is 5.69 Å². The Morgan fingerprint density at radius 3 is 2.12 bits per heavy atom. The zero-order valence-corrected chi connectivity index (χ0v) is 20.3. The molecule has 1 aliphatic heterocycles. The summed E-state index contributed by atoms with van der Waals surface area (Å²) >= 11 is 0. The highest BCUT2D eigenvalue weighted by molar-refractivity contribution is 5.99. The molecule has 2 aromatic rings. The second-order valence-corrected chi connectivity index (χ2v) is 10.5. The van der Waals surface area contributed by atoms with Crippen LogP contribution >= 0.6 is 0 Å². The minimum atomic E-state index is -0.619. The number of phenols is 1. The summed E-state index contributed by atoms with van der Waals surface area (Å²) in [4.78, 5) is 28.7. The number of benzene rings is 2. The number of hydrogen-bond acceptors (Lipinski definition) is 3. The summed E-state index contributed by atoms with van der Waals surface area (Å²) in [6, 6.07) is 10.7. The van der Waals surface area contributed by atoms with Gasteiger partial charge in [-0.25, -0.2) is 0 Å². The number of hydrogen-bond donors (Lipinski definition) is 2. The van der Waals surface area contributed by atoms with Crippen LogP contribution in [0.1, 0.15) is 82.6 Å². The van der Waals surface area contributed by atoms with E-state index in [1.807, 2.05) is 32.9 Å². The van der Waals surface area contributed by atoms with Crippen molar-refractivity contribution in [2.24, 2.45) is 5.41 Å². The van der Waals surface area contributed by atoms with Crippen molar-refractivity contribution in [3.63, 3.8) is 0 Å². The van der Waals surface area contributed by atoms with Crippen LogP contribution in [0.2, 0.25) is 0 Å². The minimum absolute atomic E-state index is 0.0760. The molecular weight excluding hydrogens is 400 g/mol. The Balaban J connectivity index is 2.02. The van der Waals surface area contributed by atoms with Gasteiger partial charge in [-0.2, -0.15) is 0 Å². The van der Waals surface area contributed by atoms with E-state index in [0.29, 0.717) is 13.0 Å². The lowest BCUT2D eigenvalue weighted by Gasteiger charge is -2.39. The van der Waals surface area contributed by atoms with Crippen LogP contribution in [0.25, 0.3) is 0 Å². The van der Waals surface area contributed by atoms with Crippen molar-refractivity contribution in [2.45, 2.75) is 79.3 Å². The maximum Gasteiger partial charge on any atom is 0.247 e. The van der Waals surface area contributed by atoms with Crippen molar-refractivity contribution in [1.29, 1.82) is 0 Å². The van der Waals surface area contributed by atoms with Gasteiger partial charge in [0, 0.05) is 24.1 Å². The van der Waals surface area contributed by atoms with E-state index in [9.17, 15) is 14.7 Å². The molecule has 172 valence electrons. The van der Waals surface area contributed by atoms with Crippen LogP contribution in [-0.4, -0.2) is 27.9 Å². The first-order valence-electron chi connectivity index (χ1n) is 11.5. The van der Waals surface area contributed by atoms with Gasteiger partial charge < -0.3 is 15.3 Å². The Labute approximate surface area is 191 Å². The average molecular weight is 437 g/mol. The SMILES string of the molecule is CC(C)c1cccc(C(C)C)c1NC(=O)[C@@H]1Cc2ccc(O)cc2CN1C(=O)C(C)(C)C. The van der Waals surface area contributed by atoms with Crippen LogP contribution in [0.5, 0.6) is 5.75 Å². The topological polar surface area (TPSA) is 69.6 Å². The molecule has 0 unspecified atom stereocenters. The molecule has 1 atom stereocenters. The standard InChI is InChI=1S/C27H36N2O3/c1-16(2)21-9-8-10-22(17(3)4)24(21)28-25(31)23-14-18-11-12-20(30)13-19(18)15-29(23)26(32)27(5,6)7/h8-13,16-17,23,30H,14-15H2,1-7H3,(H,28,31)/t23-/m0/s1. The lowest BCUT2D eigenvalue weighted by atomic mass is 9.88. The number of carbonyl (C=O) groups is 2. The molecule has 0 fully saturated rings. The van der Waals surface area contributed by atoms with Gasteiger partial charge in [0.1, 0.15) is 11.8 Å². The maximum absolute atomic E-state index is 13.7. The molecule has 0 saturated heterocycles. The lowest BCUT2D eigenvalue weighted by molar-refractivity contribution is -0.146. The fourth-order valence-electron chi connectivity index (χ4n) is 4.35. The highest BCUT2D eigenvalue weighted by Crippen LogP contribution is 2.34. The molecule has 1 heterocycles. The average Bonchev–Trinajstić information content (AvgIpc) is 2.71. The number of nitrogens with zero attached hydrogens (tertiary/aromatic N) is 1. The third-order valence-electron chi connectivity index (χ3n) is 6.15. The van der Waals surface area contributed by atoms with Crippen LogP contribution in [0.3, 0.4) is 0 Å². The number of phenolic OH excluding ortho intramolecular Hbond substituents is 1. The van der Waals surface area contributed by atoms with Crippen molar-refractivity contribution in [2.75, 3.05) is 5.32 Å². The molecule has 0 aliphatic carbocycles. The van der Waals surface area contributed by atoms with Gasteiger partial charge in [-0.3, -0.25) is 9.59 Å². The van der Waals surface area contributed by atoms with Crippen molar-refractivity contribution >= 4 is 17.5 Å².